The minimum Gasteiger partial charge on any atom is -0.497 e. The highest BCUT2D eigenvalue weighted by Crippen LogP contribution is 2.18. The molecule has 0 atom stereocenters. The van der Waals surface area contributed by atoms with Crippen molar-refractivity contribution < 1.29 is 14.3 Å². The van der Waals surface area contributed by atoms with E-state index in [0.29, 0.717) is 17.1 Å². The summed E-state index contributed by atoms with van der Waals surface area (Å²) in [5, 5.41) is 4.09. The van der Waals surface area contributed by atoms with E-state index in [9.17, 15) is 4.79 Å². The normalized spacial score (nSPS) is 11.3. The molecule has 2 heterocycles. The van der Waals surface area contributed by atoms with Crippen molar-refractivity contribution in [2.24, 2.45) is 10.1 Å². The Kier molecular flexibility index (Phi) is 7.00. The molecule has 0 bridgehead atoms. The maximum atomic E-state index is 12.2. The van der Waals surface area contributed by atoms with Crippen molar-refractivity contribution in [1.29, 1.82) is 0 Å². The summed E-state index contributed by atoms with van der Waals surface area (Å²) in [6.45, 7) is 0.0422. The number of nitrogens with one attached hydrogen (secondary N) is 1. The number of aliphatic imine (C=N–C) groups is 1. The van der Waals surface area contributed by atoms with Crippen LogP contribution in [0.25, 0.3) is 0 Å². The Labute approximate surface area is 168 Å². The fourth-order valence-corrected chi connectivity index (χ4v) is 2.22. The number of hydrogen-bond donors (Lipinski definition) is 1. The fraction of sp³-hybridized carbons (Fsp3) is 0.0952. The predicted octanol–water partition coefficient (Wildman–Crippen LogP) is 2.73. The van der Waals surface area contributed by atoms with E-state index < -0.39 is 0 Å². The van der Waals surface area contributed by atoms with Gasteiger partial charge in [-0.25, -0.2) is 10.4 Å². The SMILES string of the molecule is COc1cccc(OC/C(N=Cc2cccnc2)=N/NC(=O)c2ccncc2)c1. The number of hydrogen-bond acceptors (Lipinski definition) is 6. The molecule has 8 nitrogen and oxygen atoms in total. The molecular weight excluding hydrogens is 370 g/mol. The molecule has 1 amide bonds. The summed E-state index contributed by atoms with van der Waals surface area (Å²) >= 11 is 0. The molecule has 0 spiro atoms. The second kappa shape index (κ2) is 10.3. The molecule has 0 fully saturated rings. The minimum absolute atomic E-state index is 0.0422. The molecule has 8 heteroatoms. The van der Waals surface area contributed by atoms with Crippen molar-refractivity contribution in [3.05, 3.63) is 84.4 Å². The molecule has 0 unspecified atom stereocenters. The van der Waals surface area contributed by atoms with Crippen molar-refractivity contribution in [2.75, 3.05) is 13.7 Å². The van der Waals surface area contributed by atoms with Crippen LogP contribution in [-0.4, -0.2) is 41.6 Å². The van der Waals surface area contributed by atoms with E-state index in [1.54, 1.807) is 56.0 Å². The molecule has 0 radical (unpaired) electrons. The zero-order valence-electron chi connectivity index (χ0n) is 15.7. The molecule has 0 saturated carbocycles. The van der Waals surface area contributed by atoms with Gasteiger partial charge in [0.2, 0.25) is 0 Å². The van der Waals surface area contributed by atoms with Crippen LogP contribution in [0.4, 0.5) is 0 Å². The number of carbonyl (C=O) groups excluding carboxylic acids is 1. The van der Waals surface area contributed by atoms with Gasteiger partial charge in [0.15, 0.2) is 5.84 Å². The number of pyridine rings is 2. The summed E-state index contributed by atoms with van der Waals surface area (Å²) in [4.78, 5) is 24.5. The molecule has 0 aliphatic heterocycles. The van der Waals surface area contributed by atoms with Gasteiger partial charge in [-0.15, -0.1) is 0 Å². The Morgan fingerprint density at radius 2 is 1.90 bits per heavy atom. The van der Waals surface area contributed by atoms with E-state index in [4.69, 9.17) is 9.47 Å². The van der Waals surface area contributed by atoms with Gasteiger partial charge in [0, 0.05) is 48.2 Å². The molecule has 29 heavy (non-hydrogen) atoms. The van der Waals surface area contributed by atoms with E-state index in [0.717, 1.165) is 5.56 Å². The van der Waals surface area contributed by atoms with Gasteiger partial charge in [-0.3, -0.25) is 14.8 Å². The van der Waals surface area contributed by atoms with Crippen LogP contribution < -0.4 is 14.9 Å². The molecule has 1 N–H and O–H groups in total. The van der Waals surface area contributed by atoms with Gasteiger partial charge in [0.1, 0.15) is 18.1 Å². The lowest BCUT2D eigenvalue weighted by molar-refractivity contribution is 0.0954. The highest BCUT2D eigenvalue weighted by Gasteiger charge is 2.06. The molecule has 1 aromatic carbocycles. The Morgan fingerprint density at radius 1 is 1.07 bits per heavy atom. The average Bonchev–Trinajstić information content (AvgIpc) is 2.79. The summed E-state index contributed by atoms with van der Waals surface area (Å²) in [6.07, 6.45) is 8.00. The Bertz CT molecular complexity index is 991. The first-order chi connectivity index (χ1) is 14.2. The number of rotatable bonds is 7. The molecule has 0 saturated heterocycles. The van der Waals surface area contributed by atoms with E-state index in [2.05, 4.69) is 25.5 Å². The van der Waals surface area contributed by atoms with E-state index in [1.165, 1.54) is 12.4 Å². The number of methoxy groups -OCH3 is 1. The number of hydrazone groups is 1. The third kappa shape index (κ3) is 6.24. The van der Waals surface area contributed by atoms with Crippen molar-refractivity contribution in [1.82, 2.24) is 15.4 Å². The minimum atomic E-state index is -0.372. The second-order valence-electron chi connectivity index (χ2n) is 5.72. The third-order valence-electron chi connectivity index (χ3n) is 3.69. The van der Waals surface area contributed by atoms with Crippen molar-refractivity contribution in [2.45, 2.75) is 0 Å². The molecule has 2 aromatic heterocycles. The first-order valence-electron chi connectivity index (χ1n) is 8.72. The van der Waals surface area contributed by atoms with Gasteiger partial charge in [0.25, 0.3) is 5.91 Å². The maximum Gasteiger partial charge on any atom is 0.271 e. The van der Waals surface area contributed by atoms with Gasteiger partial charge >= 0.3 is 0 Å². The van der Waals surface area contributed by atoms with Crippen LogP contribution in [0.3, 0.4) is 0 Å². The Hall–Kier alpha value is -4.07. The van der Waals surface area contributed by atoms with Crippen LogP contribution in [0.5, 0.6) is 11.5 Å². The Balaban J connectivity index is 1.73. The van der Waals surface area contributed by atoms with Crippen molar-refractivity contribution >= 4 is 18.0 Å². The van der Waals surface area contributed by atoms with Gasteiger partial charge in [-0.1, -0.05) is 12.1 Å². The topological polar surface area (TPSA) is 98.1 Å². The summed E-state index contributed by atoms with van der Waals surface area (Å²) in [5.74, 6) is 1.17. The Morgan fingerprint density at radius 3 is 2.66 bits per heavy atom. The van der Waals surface area contributed by atoms with Crippen LogP contribution in [0.1, 0.15) is 15.9 Å². The van der Waals surface area contributed by atoms with Crippen molar-refractivity contribution in [3.63, 3.8) is 0 Å². The molecule has 0 aliphatic rings. The number of amides is 1. The zero-order valence-corrected chi connectivity index (χ0v) is 15.7. The standard InChI is InChI=1S/C21H19N5O3/c1-28-18-5-2-6-19(12-18)29-15-20(24-14-16-4-3-9-23-13-16)25-26-21(27)17-7-10-22-11-8-17/h2-14H,15H2,1H3,(H,26,27)/b24-14?,25-20-. The molecule has 0 aliphatic carbocycles. The van der Waals surface area contributed by atoms with E-state index >= 15 is 0 Å². The first-order valence-corrected chi connectivity index (χ1v) is 8.72. The number of ether oxygens (including phenoxy) is 2. The number of benzene rings is 1. The first kappa shape index (κ1) is 19.7. The summed E-state index contributed by atoms with van der Waals surface area (Å²) in [6, 6.07) is 14.0. The van der Waals surface area contributed by atoms with Crippen LogP contribution in [-0.2, 0) is 0 Å². The largest absolute Gasteiger partial charge is 0.497 e. The quantitative estimate of drug-likeness (QED) is 0.381. The molecular formula is C21H19N5O3. The average molecular weight is 389 g/mol. The van der Waals surface area contributed by atoms with Crippen LogP contribution in [0.2, 0.25) is 0 Å². The fourth-order valence-electron chi connectivity index (χ4n) is 2.22. The summed E-state index contributed by atoms with van der Waals surface area (Å²) in [5.41, 5.74) is 3.71. The third-order valence-corrected chi connectivity index (χ3v) is 3.69. The predicted molar refractivity (Wildman–Crippen MR) is 109 cm³/mol. The lowest BCUT2D eigenvalue weighted by Gasteiger charge is -2.08. The summed E-state index contributed by atoms with van der Waals surface area (Å²) in [7, 11) is 1.58. The lowest BCUT2D eigenvalue weighted by Crippen LogP contribution is -2.21. The van der Waals surface area contributed by atoms with Gasteiger partial charge in [-0.05, 0) is 30.3 Å². The zero-order chi connectivity index (χ0) is 20.3. The second-order valence-corrected chi connectivity index (χ2v) is 5.72. The maximum absolute atomic E-state index is 12.2. The van der Waals surface area contributed by atoms with Crippen LogP contribution in [0, 0.1) is 0 Å². The molecule has 3 rings (SSSR count). The number of aromatic nitrogens is 2. The lowest BCUT2D eigenvalue weighted by atomic mass is 10.3. The van der Waals surface area contributed by atoms with Crippen LogP contribution in [0.15, 0.2) is 83.4 Å². The van der Waals surface area contributed by atoms with Gasteiger partial charge < -0.3 is 9.47 Å². The summed E-state index contributed by atoms with van der Waals surface area (Å²) < 4.78 is 10.9. The highest BCUT2D eigenvalue weighted by atomic mass is 16.5. The van der Waals surface area contributed by atoms with Gasteiger partial charge in [0.05, 0.1) is 7.11 Å². The number of carbonyl (C=O) groups is 1. The monoisotopic (exact) mass is 389 g/mol. The van der Waals surface area contributed by atoms with Crippen LogP contribution >= 0.6 is 0 Å². The van der Waals surface area contributed by atoms with Crippen molar-refractivity contribution in [3.8, 4) is 11.5 Å². The molecule has 146 valence electrons. The number of nitrogens with zero attached hydrogens (tertiary/aromatic N) is 4. The van der Waals surface area contributed by atoms with Gasteiger partial charge in [-0.2, -0.15) is 5.10 Å². The highest BCUT2D eigenvalue weighted by molar-refractivity contribution is 5.98. The molecule has 3 aromatic rings. The number of amidine groups is 1. The van der Waals surface area contributed by atoms with E-state index in [-0.39, 0.29) is 18.3 Å². The smallest absolute Gasteiger partial charge is 0.271 e. The van der Waals surface area contributed by atoms with E-state index in [1.807, 2.05) is 18.2 Å².